The molecule has 0 atom stereocenters. The van der Waals surface area contributed by atoms with Crippen LogP contribution in [0.25, 0.3) is 0 Å². The average Bonchev–Trinajstić information content (AvgIpc) is 2.68. The Bertz CT molecular complexity index is 165. The van der Waals surface area contributed by atoms with Gasteiger partial charge in [0.2, 0.25) is 0 Å². The molecule has 1 aliphatic carbocycles. The van der Waals surface area contributed by atoms with Gasteiger partial charge in [0.25, 0.3) is 0 Å². The van der Waals surface area contributed by atoms with Gasteiger partial charge in [0.15, 0.2) is 0 Å². The molecule has 1 fully saturated rings. The lowest BCUT2D eigenvalue weighted by Gasteiger charge is -2.09. The Kier molecular flexibility index (Phi) is 5.60. The van der Waals surface area contributed by atoms with Crippen molar-refractivity contribution >= 4 is 5.97 Å². The van der Waals surface area contributed by atoms with E-state index >= 15 is 0 Å². The lowest BCUT2D eigenvalue weighted by molar-refractivity contribution is -0.145. The fourth-order valence-electron chi connectivity index (χ4n) is 1.87. The molecule has 1 aliphatic rings. The van der Waals surface area contributed by atoms with Gasteiger partial charge in [-0.25, -0.2) is 0 Å². The molecule has 14 heavy (non-hydrogen) atoms. The highest BCUT2D eigenvalue weighted by atomic mass is 16.5. The van der Waals surface area contributed by atoms with E-state index in [9.17, 15) is 4.79 Å². The fraction of sp³-hybridized carbons (Fsp3) is 0.909. The van der Waals surface area contributed by atoms with Crippen LogP contribution in [0.4, 0.5) is 0 Å². The molecular weight excluding hydrogens is 178 g/mol. The zero-order chi connectivity index (χ0) is 10.2. The molecule has 0 saturated heterocycles. The van der Waals surface area contributed by atoms with Crippen LogP contribution in [-0.2, 0) is 9.53 Å². The Morgan fingerprint density at radius 2 is 2.14 bits per heavy atom. The largest absolute Gasteiger partial charge is 0.465 e. The summed E-state index contributed by atoms with van der Waals surface area (Å²) >= 11 is 0. The first-order chi connectivity index (χ1) is 6.83. The van der Waals surface area contributed by atoms with Crippen LogP contribution in [0, 0.1) is 5.92 Å². The average molecular weight is 199 g/mol. The maximum Gasteiger partial charge on any atom is 0.305 e. The zero-order valence-corrected chi connectivity index (χ0v) is 9.05. The maximum atomic E-state index is 11.2. The number of ether oxygens (including phenoxy) is 1. The van der Waals surface area contributed by atoms with E-state index in [2.05, 4.69) is 5.32 Å². The minimum atomic E-state index is -0.0350. The van der Waals surface area contributed by atoms with E-state index in [1.165, 1.54) is 25.7 Å². The normalized spacial score (nSPS) is 17.2. The molecule has 1 saturated carbocycles. The van der Waals surface area contributed by atoms with Crippen molar-refractivity contribution in [3.63, 3.8) is 0 Å². The van der Waals surface area contributed by atoms with Gasteiger partial charge in [-0.05, 0) is 38.8 Å². The SMILES string of the molecule is CNCCCC(=O)OCC1CCCC1. The second kappa shape index (κ2) is 6.82. The van der Waals surface area contributed by atoms with Gasteiger partial charge in [0, 0.05) is 6.42 Å². The summed E-state index contributed by atoms with van der Waals surface area (Å²) in [5.41, 5.74) is 0. The van der Waals surface area contributed by atoms with Gasteiger partial charge in [-0.2, -0.15) is 0 Å². The Labute approximate surface area is 86.2 Å². The van der Waals surface area contributed by atoms with E-state index in [0.717, 1.165) is 13.0 Å². The molecule has 1 N–H and O–H groups in total. The van der Waals surface area contributed by atoms with Crippen molar-refractivity contribution in [2.24, 2.45) is 5.92 Å². The topological polar surface area (TPSA) is 38.3 Å². The van der Waals surface area contributed by atoms with E-state index in [1.54, 1.807) is 0 Å². The zero-order valence-electron chi connectivity index (χ0n) is 9.05. The third kappa shape index (κ3) is 4.61. The van der Waals surface area contributed by atoms with Gasteiger partial charge in [0.05, 0.1) is 6.61 Å². The quantitative estimate of drug-likeness (QED) is 0.523. The number of hydrogen-bond acceptors (Lipinski definition) is 3. The molecule has 0 aromatic heterocycles. The number of carbonyl (C=O) groups is 1. The predicted octanol–water partition coefficient (Wildman–Crippen LogP) is 1.72. The van der Waals surface area contributed by atoms with Crippen LogP contribution >= 0.6 is 0 Å². The van der Waals surface area contributed by atoms with Crippen LogP contribution in [0.15, 0.2) is 0 Å². The maximum absolute atomic E-state index is 11.2. The number of carbonyl (C=O) groups excluding carboxylic acids is 1. The van der Waals surface area contributed by atoms with E-state index in [0.29, 0.717) is 18.9 Å². The smallest absolute Gasteiger partial charge is 0.305 e. The fourth-order valence-corrected chi connectivity index (χ4v) is 1.87. The van der Waals surface area contributed by atoms with Gasteiger partial charge in [-0.3, -0.25) is 4.79 Å². The first-order valence-electron chi connectivity index (χ1n) is 5.63. The highest BCUT2D eigenvalue weighted by Gasteiger charge is 2.16. The molecule has 1 rings (SSSR count). The third-order valence-corrected chi connectivity index (χ3v) is 2.76. The first-order valence-corrected chi connectivity index (χ1v) is 5.63. The molecule has 0 aromatic rings. The third-order valence-electron chi connectivity index (χ3n) is 2.76. The summed E-state index contributed by atoms with van der Waals surface area (Å²) < 4.78 is 5.21. The minimum Gasteiger partial charge on any atom is -0.465 e. The summed E-state index contributed by atoms with van der Waals surface area (Å²) in [6.07, 6.45) is 6.52. The molecule has 0 amide bonds. The summed E-state index contributed by atoms with van der Waals surface area (Å²) in [5.74, 6) is 0.607. The van der Waals surface area contributed by atoms with Gasteiger partial charge in [0.1, 0.15) is 0 Å². The van der Waals surface area contributed by atoms with E-state index in [4.69, 9.17) is 4.74 Å². The first kappa shape index (κ1) is 11.5. The number of esters is 1. The molecule has 0 heterocycles. The van der Waals surface area contributed by atoms with Crippen molar-refractivity contribution in [3.8, 4) is 0 Å². The Morgan fingerprint density at radius 3 is 2.79 bits per heavy atom. The number of rotatable bonds is 6. The van der Waals surface area contributed by atoms with Gasteiger partial charge in [-0.15, -0.1) is 0 Å². The predicted molar refractivity (Wildman–Crippen MR) is 56.1 cm³/mol. The Hall–Kier alpha value is -0.570. The minimum absolute atomic E-state index is 0.0350. The molecule has 82 valence electrons. The van der Waals surface area contributed by atoms with Crippen molar-refractivity contribution in [3.05, 3.63) is 0 Å². The molecule has 0 unspecified atom stereocenters. The summed E-state index contributed by atoms with van der Waals surface area (Å²) in [6.45, 7) is 1.54. The monoisotopic (exact) mass is 199 g/mol. The van der Waals surface area contributed by atoms with Crippen molar-refractivity contribution < 1.29 is 9.53 Å². The van der Waals surface area contributed by atoms with Crippen molar-refractivity contribution in [2.45, 2.75) is 38.5 Å². The Morgan fingerprint density at radius 1 is 1.43 bits per heavy atom. The lowest BCUT2D eigenvalue weighted by atomic mass is 10.1. The summed E-state index contributed by atoms with van der Waals surface area (Å²) in [7, 11) is 1.89. The molecule has 0 radical (unpaired) electrons. The van der Waals surface area contributed by atoms with E-state index in [-0.39, 0.29) is 5.97 Å². The molecule has 0 aromatic carbocycles. The highest BCUT2D eigenvalue weighted by molar-refractivity contribution is 5.69. The second-order valence-electron chi connectivity index (χ2n) is 4.04. The second-order valence-corrected chi connectivity index (χ2v) is 4.04. The molecule has 3 heteroatoms. The number of hydrogen-bond donors (Lipinski definition) is 1. The molecule has 0 spiro atoms. The summed E-state index contributed by atoms with van der Waals surface area (Å²) in [4.78, 5) is 11.2. The molecule has 3 nitrogen and oxygen atoms in total. The lowest BCUT2D eigenvalue weighted by Crippen LogP contribution is -2.14. The van der Waals surface area contributed by atoms with Gasteiger partial charge >= 0.3 is 5.97 Å². The van der Waals surface area contributed by atoms with E-state index in [1.807, 2.05) is 7.05 Å². The number of nitrogens with one attached hydrogen (secondary N) is 1. The molecular formula is C11H21NO2. The van der Waals surface area contributed by atoms with Crippen molar-refractivity contribution in [1.82, 2.24) is 5.32 Å². The molecule has 0 aliphatic heterocycles. The van der Waals surface area contributed by atoms with Crippen LogP contribution in [-0.4, -0.2) is 26.2 Å². The highest BCUT2D eigenvalue weighted by Crippen LogP contribution is 2.24. The summed E-state index contributed by atoms with van der Waals surface area (Å²) in [5, 5.41) is 3.01. The molecule has 0 bridgehead atoms. The van der Waals surface area contributed by atoms with Crippen LogP contribution in [0.1, 0.15) is 38.5 Å². The van der Waals surface area contributed by atoms with E-state index < -0.39 is 0 Å². The van der Waals surface area contributed by atoms with Crippen LogP contribution in [0.3, 0.4) is 0 Å². The van der Waals surface area contributed by atoms with Gasteiger partial charge in [-0.1, -0.05) is 12.8 Å². The summed E-state index contributed by atoms with van der Waals surface area (Å²) in [6, 6.07) is 0. The Balaban J connectivity index is 1.96. The van der Waals surface area contributed by atoms with Crippen LogP contribution in [0.5, 0.6) is 0 Å². The van der Waals surface area contributed by atoms with Crippen molar-refractivity contribution in [1.29, 1.82) is 0 Å². The van der Waals surface area contributed by atoms with Crippen molar-refractivity contribution in [2.75, 3.05) is 20.2 Å². The van der Waals surface area contributed by atoms with Gasteiger partial charge < -0.3 is 10.1 Å². The standard InChI is InChI=1S/C11H21NO2/c1-12-8-4-7-11(13)14-9-10-5-2-3-6-10/h10,12H,2-9H2,1H3. The van der Waals surface area contributed by atoms with Crippen LogP contribution < -0.4 is 5.32 Å². The van der Waals surface area contributed by atoms with Crippen LogP contribution in [0.2, 0.25) is 0 Å².